The van der Waals surface area contributed by atoms with E-state index in [-0.39, 0.29) is 18.2 Å². The van der Waals surface area contributed by atoms with Crippen LogP contribution in [0.1, 0.15) is 28.2 Å². The van der Waals surface area contributed by atoms with Gasteiger partial charge >= 0.3 is 0 Å². The highest BCUT2D eigenvalue weighted by Gasteiger charge is 2.39. The number of amides is 1. The Labute approximate surface area is 277 Å². The third kappa shape index (κ3) is 7.95. The Morgan fingerprint density at radius 2 is 1.41 bits per heavy atom. The van der Waals surface area contributed by atoms with E-state index in [1.54, 1.807) is 66.7 Å². The van der Waals surface area contributed by atoms with Gasteiger partial charge in [0, 0.05) is 28.8 Å². The number of halogens is 4. The summed E-state index contributed by atoms with van der Waals surface area (Å²) in [5, 5.41) is 4.99. The first-order chi connectivity index (χ1) is 21.1. The van der Waals surface area contributed by atoms with Crippen molar-refractivity contribution in [2.45, 2.75) is 25.3 Å². The molecule has 0 saturated carbocycles. The molecular weight excluding hydrogens is 660 g/mol. The number of carbonyl (C=O) groups is 1. The van der Waals surface area contributed by atoms with Crippen LogP contribution in [0.4, 0.5) is 5.69 Å². The molecular formula is C33H29Cl4N3O3S. The van der Waals surface area contributed by atoms with Gasteiger partial charge in [0.15, 0.2) is 0 Å². The van der Waals surface area contributed by atoms with Crippen LogP contribution in [-0.4, -0.2) is 38.9 Å². The summed E-state index contributed by atoms with van der Waals surface area (Å²) in [5.41, 5.74) is 3.93. The highest BCUT2D eigenvalue weighted by atomic mass is 35.5. The average Bonchev–Trinajstić information content (AvgIpc) is 3.08. The summed E-state index contributed by atoms with van der Waals surface area (Å²) in [6, 6.07) is 26.9. The van der Waals surface area contributed by atoms with Gasteiger partial charge in [-0.05, 0) is 77.6 Å². The second-order valence-corrected chi connectivity index (χ2v) is 14.0. The Morgan fingerprint density at radius 1 is 0.795 bits per heavy atom. The third-order valence-corrected chi connectivity index (χ3v) is 10.2. The Morgan fingerprint density at radius 3 is 2.07 bits per heavy atom. The number of aliphatic imine (C=N–C) groups is 1. The molecule has 5 rings (SSSR count). The lowest BCUT2D eigenvalue weighted by molar-refractivity contribution is -0.121. The maximum atomic E-state index is 14.0. The van der Waals surface area contributed by atoms with Crippen LogP contribution in [-0.2, 0) is 34.2 Å². The zero-order valence-corrected chi connectivity index (χ0v) is 27.4. The lowest BCUT2D eigenvalue weighted by Gasteiger charge is -2.25. The molecule has 0 saturated heterocycles. The number of nitrogens with one attached hydrogen (secondary N) is 1. The van der Waals surface area contributed by atoms with Gasteiger partial charge in [0.25, 0.3) is 0 Å². The maximum Gasteiger partial charge on any atom is 0.240 e. The molecule has 44 heavy (non-hydrogen) atoms. The van der Waals surface area contributed by atoms with Crippen molar-refractivity contribution < 1.29 is 13.2 Å². The molecule has 0 fully saturated rings. The zero-order chi connectivity index (χ0) is 31.3. The predicted octanol–water partition coefficient (Wildman–Crippen LogP) is 7.78. The first kappa shape index (κ1) is 32.3. The molecule has 1 aliphatic rings. The largest absolute Gasteiger partial charge is 0.355 e. The highest BCUT2D eigenvalue weighted by Crippen LogP contribution is 2.36. The van der Waals surface area contributed by atoms with Gasteiger partial charge < -0.3 is 5.32 Å². The van der Waals surface area contributed by atoms with E-state index >= 15 is 0 Å². The number of carbonyl (C=O) groups excluding carboxylic acids is 1. The van der Waals surface area contributed by atoms with Gasteiger partial charge in [0.05, 0.1) is 22.3 Å². The maximum absolute atomic E-state index is 14.0. The van der Waals surface area contributed by atoms with Gasteiger partial charge in [-0.1, -0.05) is 94.9 Å². The van der Waals surface area contributed by atoms with Crippen molar-refractivity contribution in [3.8, 4) is 0 Å². The number of benzene rings is 4. The Kier molecular flexibility index (Phi) is 10.5. The molecule has 4 aromatic carbocycles. The standard InChI is InChI=1S/C33H29Cl4N3O3S/c34-25-10-5-22(6-11-25)15-17-38-30-21-44(42,43)40(20-24-9-14-28(36)29(37)19-24)31-4-2-1-3-27(31)32(30)33(41)39-18-16-23-7-12-26(35)13-8-23/h1-14,19,32H,15-18,20-21H2,(H,39,41). The molecule has 228 valence electrons. The number of para-hydroxylation sites is 1. The molecule has 1 unspecified atom stereocenters. The summed E-state index contributed by atoms with van der Waals surface area (Å²) in [6.07, 6.45) is 1.14. The van der Waals surface area contributed by atoms with Crippen molar-refractivity contribution in [1.82, 2.24) is 5.32 Å². The summed E-state index contributed by atoms with van der Waals surface area (Å²) in [4.78, 5) is 18.7. The summed E-state index contributed by atoms with van der Waals surface area (Å²) in [5.74, 6) is -1.64. The Bertz CT molecular complexity index is 1780. The van der Waals surface area contributed by atoms with E-state index < -0.39 is 21.7 Å². The number of rotatable bonds is 9. The summed E-state index contributed by atoms with van der Waals surface area (Å²) in [6.45, 7) is 0.673. The van der Waals surface area contributed by atoms with Crippen LogP contribution in [0.2, 0.25) is 20.1 Å². The second kappa shape index (κ2) is 14.4. The highest BCUT2D eigenvalue weighted by molar-refractivity contribution is 7.93. The molecule has 1 atom stereocenters. The minimum Gasteiger partial charge on any atom is -0.355 e. The van der Waals surface area contributed by atoms with Crippen molar-refractivity contribution in [2.24, 2.45) is 4.99 Å². The van der Waals surface area contributed by atoms with Gasteiger partial charge in [0.2, 0.25) is 15.9 Å². The van der Waals surface area contributed by atoms with E-state index in [9.17, 15) is 13.2 Å². The molecule has 1 heterocycles. The average molecular weight is 689 g/mol. The molecule has 6 nitrogen and oxygen atoms in total. The van der Waals surface area contributed by atoms with E-state index in [0.29, 0.717) is 62.8 Å². The summed E-state index contributed by atoms with van der Waals surface area (Å²) in [7, 11) is -3.96. The molecule has 1 amide bonds. The first-order valence-corrected chi connectivity index (χ1v) is 17.1. The van der Waals surface area contributed by atoms with E-state index in [4.69, 9.17) is 51.4 Å². The molecule has 1 aliphatic heterocycles. The number of sulfonamides is 1. The van der Waals surface area contributed by atoms with Crippen LogP contribution in [0.25, 0.3) is 0 Å². The normalized spacial score (nSPS) is 16.8. The number of hydrogen-bond acceptors (Lipinski definition) is 4. The third-order valence-electron chi connectivity index (χ3n) is 7.34. The van der Waals surface area contributed by atoms with Crippen molar-refractivity contribution in [3.05, 3.63) is 133 Å². The van der Waals surface area contributed by atoms with Crippen LogP contribution >= 0.6 is 46.4 Å². The second-order valence-electron chi connectivity index (χ2n) is 10.4. The van der Waals surface area contributed by atoms with Crippen LogP contribution in [0.15, 0.2) is 96.0 Å². The summed E-state index contributed by atoms with van der Waals surface area (Å²) < 4.78 is 29.4. The molecule has 0 aromatic heterocycles. The van der Waals surface area contributed by atoms with Crippen LogP contribution < -0.4 is 9.62 Å². The fourth-order valence-electron chi connectivity index (χ4n) is 5.12. The van der Waals surface area contributed by atoms with Crippen LogP contribution in [0, 0.1) is 0 Å². The van der Waals surface area contributed by atoms with E-state index in [2.05, 4.69) is 5.32 Å². The fourth-order valence-corrected chi connectivity index (χ4v) is 7.29. The smallest absolute Gasteiger partial charge is 0.240 e. The van der Waals surface area contributed by atoms with E-state index in [1.807, 2.05) is 24.3 Å². The van der Waals surface area contributed by atoms with E-state index in [1.165, 1.54) is 4.31 Å². The van der Waals surface area contributed by atoms with Gasteiger partial charge in [-0.2, -0.15) is 0 Å². The van der Waals surface area contributed by atoms with Crippen molar-refractivity contribution in [1.29, 1.82) is 0 Å². The monoisotopic (exact) mass is 687 g/mol. The quantitative estimate of drug-likeness (QED) is 0.195. The van der Waals surface area contributed by atoms with Crippen molar-refractivity contribution >= 4 is 73.7 Å². The molecule has 1 N–H and O–H groups in total. The molecule has 4 aromatic rings. The van der Waals surface area contributed by atoms with Gasteiger partial charge in [0.1, 0.15) is 11.7 Å². The molecule has 0 spiro atoms. The molecule has 0 aliphatic carbocycles. The topological polar surface area (TPSA) is 78.8 Å². The number of anilines is 1. The predicted molar refractivity (Wildman–Crippen MR) is 181 cm³/mol. The minimum absolute atomic E-state index is 0.0131. The van der Waals surface area contributed by atoms with Gasteiger partial charge in [-0.3, -0.25) is 14.1 Å². The Hall–Kier alpha value is -3.07. The van der Waals surface area contributed by atoms with Crippen LogP contribution in [0.5, 0.6) is 0 Å². The zero-order valence-electron chi connectivity index (χ0n) is 23.5. The lowest BCUT2D eigenvalue weighted by atomic mass is 9.91. The van der Waals surface area contributed by atoms with Crippen molar-refractivity contribution in [2.75, 3.05) is 23.1 Å². The van der Waals surface area contributed by atoms with E-state index in [0.717, 1.165) is 11.1 Å². The lowest BCUT2D eigenvalue weighted by Crippen LogP contribution is -2.37. The first-order valence-electron chi connectivity index (χ1n) is 13.9. The molecule has 0 radical (unpaired) electrons. The minimum atomic E-state index is -3.96. The van der Waals surface area contributed by atoms with Crippen LogP contribution in [0.3, 0.4) is 0 Å². The molecule has 11 heteroatoms. The van der Waals surface area contributed by atoms with Crippen molar-refractivity contribution in [3.63, 3.8) is 0 Å². The number of hydrogen-bond donors (Lipinski definition) is 1. The van der Waals surface area contributed by atoms with Gasteiger partial charge in [-0.25, -0.2) is 8.42 Å². The van der Waals surface area contributed by atoms with Gasteiger partial charge in [-0.15, -0.1) is 0 Å². The fraction of sp³-hybridized carbons (Fsp3) is 0.212. The SMILES string of the molecule is O=C(NCCc1ccc(Cl)cc1)C1C(=NCCc2ccc(Cl)cc2)CS(=O)(=O)N(Cc2ccc(Cl)c(Cl)c2)c2ccccc21. The molecule has 0 bridgehead atoms. The summed E-state index contributed by atoms with van der Waals surface area (Å²) >= 11 is 24.4. The Balaban J connectivity index is 1.49. The number of nitrogens with zero attached hydrogens (tertiary/aromatic N) is 2. The number of fused-ring (bicyclic) bond motifs is 1.